The van der Waals surface area contributed by atoms with Crippen molar-refractivity contribution in [3.05, 3.63) is 71.0 Å². The summed E-state index contributed by atoms with van der Waals surface area (Å²) in [6.45, 7) is 6.17. The zero-order chi connectivity index (χ0) is 32.8. The molecule has 2 saturated heterocycles. The molecule has 3 unspecified atom stereocenters. The standard InChI is InChI=1S/C35H46F4N4O3/c1-2-43(34(46)40-20-24-11-13-28(14-12-24)35(37,38)39)30-15-17-41(18-16-30)21-27-22-42(23-31(27)26-9-6-10-29(36)19-26)32(33(44)45)25-7-4-3-5-8-25/h6,9-14,19,25,27,30-32H,2-5,7-8,15-18,20-23H2,1H3,(H,40,46)(H,44,45). The number of aliphatic carboxylic acids is 1. The number of carboxylic acid groups (broad SMARTS) is 1. The van der Waals surface area contributed by atoms with Gasteiger partial charge in [0.15, 0.2) is 0 Å². The van der Waals surface area contributed by atoms with Crippen molar-refractivity contribution in [3.8, 4) is 0 Å². The zero-order valence-corrected chi connectivity index (χ0v) is 26.5. The first kappa shape index (κ1) is 34.2. The van der Waals surface area contributed by atoms with Crippen molar-refractivity contribution >= 4 is 12.0 Å². The Hall–Kier alpha value is -3.18. The summed E-state index contributed by atoms with van der Waals surface area (Å²) in [5, 5.41) is 13.2. The molecule has 5 rings (SSSR count). The fraction of sp³-hybridized carbons (Fsp3) is 0.600. The molecular formula is C35H46F4N4O3. The lowest BCUT2D eigenvalue weighted by molar-refractivity contribution is -0.145. The second-order valence-electron chi connectivity index (χ2n) is 13.2. The molecule has 2 aliphatic heterocycles. The van der Waals surface area contributed by atoms with Gasteiger partial charge in [-0.1, -0.05) is 43.5 Å². The number of carbonyl (C=O) groups is 2. The van der Waals surface area contributed by atoms with E-state index in [-0.39, 0.29) is 42.2 Å². The molecule has 2 N–H and O–H groups in total. The third-order valence-corrected chi connectivity index (χ3v) is 10.3. The molecule has 3 aliphatic rings. The van der Waals surface area contributed by atoms with Crippen LogP contribution < -0.4 is 5.32 Å². The number of hydrogen-bond donors (Lipinski definition) is 2. The van der Waals surface area contributed by atoms with Gasteiger partial charge in [-0.05, 0) is 79.8 Å². The molecule has 0 bridgehead atoms. The summed E-state index contributed by atoms with van der Waals surface area (Å²) in [6.07, 6.45) is 2.31. The van der Waals surface area contributed by atoms with Crippen LogP contribution in [0.4, 0.5) is 22.4 Å². The molecule has 46 heavy (non-hydrogen) atoms. The molecule has 2 heterocycles. The SMILES string of the molecule is CCN(C(=O)NCc1ccc(C(F)(F)F)cc1)C1CCN(CC2CN(C(C(=O)O)C3CCCCC3)CC2c2cccc(F)c2)CC1. The van der Waals surface area contributed by atoms with Crippen molar-refractivity contribution < 1.29 is 32.3 Å². The molecule has 252 valence electrons. The molecule has 2 aromatic carbocycles. The molecule has 0 radical (unpaired) electrons. The van der Waals surface area contributed by atoms with E-state index in [4.69, 9.17) is 0 Å². The van der Waals surface area contributed by atoms with Crippen LogP contribution in [0.3, 0.4) is 0 Å². The summed E-state index contributed by atoms with van der Waals surface area (Å²) >= 11 is 0. The summed E-state index contributed by atoms with van der Waals surface area (Å²) < 4.78 is 52.9. The molecule has 7 nitrogen and oxygen atoms in total. The van der Waals surface area contributed by atoms with Crippen molar-refractivity contribution in [2.45, 2.75) is 82.6 Å². The molecule has 1 saturated carbocycles. The maximum absolute atomic E-state index is 14.3. The first-order chi connectivity index (χ1) is 22.0. The van der Waals surface area contributed by atoms with Crippen molar-refractivity contribution in [2.24, 2.45) is 11.8 Å². The Morgan fingerprint density at radius 2 is 1.70 bits per heavy atom. The van der Waals surface area contributed by atoms with Crippen LogP contribution in [0.25, 0.3) is 0 Å². The second kappa shape index (κ2) is 15.2. The maximum atomic E-state index is 14.3. The summed E-state index contributed by atoms with van der Waals surface area (Å²) in [7, 11) is 0. The highest BCUT2D eigenvalue weighted by Gasteiger charge is 2.43. The third-order valence-electron chi connectivity index (χ3n) is 10.3. The summed E-state index contributed by atoms with van der Waals surface area (Å²) in [6, 6.07) is 10.8. The summed E-state index contributed by atoms with van der Waals surface area (Å²) in [5.41, 5.74) is 0.791. The first-order valence-electron chi connectivity index (χ1n) is 16.7. The van der Waals surface area contributed by atoms with E-state index < -0.39 is 23.8 Å². The average Bonchev–Trinajstić information content (AvgIpc) is 3.44. The number of halogens is 4. The van der Waals surface area contributed by atoms with Gasteiger partial charge in [0.2, 0.25) is 0 Å². The highest BCUT2D eigenvalue weighted by Crippen LogP contribution is 2.39. The second-order valence-corrected chi connectivity index (χ2v) is 13.2. The number of carboxylic acids is 1. The first-order valence-corrected chi connectivity index (χ1v) is 16.7. The summed E-state index contributed by atoms with van der Waals surface area (Å²) in [4.78, 5) is 32.0. The lowest BCUT2D eigenvalue weighted by Crippen LogP contribution is -2.51. The minimum Gasteiger partial charge on any atom is -0.480 e. The largest absolute Gasteiger partial charge is 0.480 e. The Bertz CT molecular complexity index is 1310. The van der Waals surface area contributed by atoms with Crippen molar-refractivity contribution in [3.63, 3.8) is 0 Å². The van der Waals surface area contributed by atoms with Crippen molar-refractivity contribution in [1.29, 1.82) is 0 Å². The smallest absolute Gasteiger partial charge is 0.416 e. The number of rotatable bonds is 10. The van der Waals surface area contributed by atoms with E-state index >= 15 is 0 Å². The van der Waals surface area contributed by atoms with Crippen LogP contribution in [0, 0.1) is 17.7 Å². The Morgan fingerprint density at radius 3 is 2.30 bits per heavy atom. The van der Waals surface area contributed by atoms with E-state index in [0.717, 1.165) is 82.3 Å². The van der Waals surface area contributed by atoms with Gasteiger partial charge in [-0.3, -0.25) is 9.69 Å². The van der Waals surface area contributed by atoms with Gasteiger partial charge in [0, 0.05) is 57.8 Å². The molecule has 3 atom stereocenters. The van der Waals surface area contributed by atoms with Gasteiger partial charge in [-0.15, -0.1) is 0 Å². The summed E-state index contributed by atoms with van der Waals surface area (Å²) in [5.74, 6) is -0.726. The van der Waals surface area contributed by atoms with E-state index in [2.05, 4.69) is 15.1 Å². The van der Waals surface area contributed by atoms with Crippen LogP contribution in [0.5, 0.6) is 0 Å². The predicted octanol–water partition coefficient (Wildman–Crippen LogP) is 6.59. The molecule has 0 spiro atoms. The van der Waals surface area contributed by atoms with E-state index in [9.17, 15) is 32.3 Å². The van der Waals surface area contributed by atoms with Crippen LogP contribution in [0.15, 0.2) is 48.5 Å². The highest BCUT2D eigenvalue weighted by atomic mass is 19.4. The number of urea groups is 1. The van der Waals surface area contributed by atoms with Crippen molar-refractivity contribution in [2.75, 3.05) is 39.3 Å². The van der Waals surface area contributed by atoms with Gasteiger partial charge in [-0.25, -0.2) is 9.18 Å². The van der Waals surface area contributed by atoms with Gasteiger partial charge in [-0.2, -0.15) is 13.2 Å². The Labute approximate surface area is 268 Å². The molecule has 3 fully saturated rings. The van der Waals surface area contributed by atoms with Crippen LogP contribution in [-0.2, 0) is 17.5 Å². The monoisotopic (exact) mass is 646 g/mol. The van der Waals surface area contributed by atoms with Crippen LogP contribution >= 0.6 is 0 Å². The van der Waals surface area contributed by atoms with Crippen LogP contribution in [0.1, 0.15) is 74.5 Å². The number of piperidine rings is 1. The number of alkyl halides is 3. The number of nitrogens with one attached hydrogen (secondary N) is 1. The van der Waals surface area contributed by atoms with Gasteiger partial charge in [0.25, 0.3) is 0 Å². The molecule has 1 aliphatic carbocycles. The Morgan fingerprint density at radius 1 is 1.00 bits per heavy atom. The molecule has 2 amide bonds. The third kappa shape index (κ3) is 8.39. The zero-order valence-electron chi connectivity index (χ0n) is 26.5. The molecule has 2 aromatic rings. The number of hydrogen-bond acceptors (Lipinski definition) is 4. The highest BCUT2D eigenvalue weighted by molar-refractivity contribution is 5.74. The van der Waals surface area contributed by atoms with Crippen LogP contribution in [0.2, 0.25) is 0 Å². The van der Waals surface area contributed by atoms with E-state index in [1.165, 1.54) is 18.2 Å². The lowest BCUT2D eigenvalue weighted by atomic mass is 9.83. The average molecular weight is 647 g/mol. The number of carbonyl (C=O) groups excluding carboxylic acids is 1. The number of amides is 2. The topological polar surface area (TPSA) is 76.1 Å². The normalized spacial score (nSPS) is 22.9. The van der Waals surface area contributed by atoms with E-state index in [1.807, 2.05) is 13.0 Å². The molecule has 11 heteroatoms. The Balaban J connectivity index is 1.19. The lowest BCUT2D eigenvalue weighted by Gasteiger charge is -2.39. The maximum Gasteiger partial charge on any atom is 0.416 e. The van der Waals surface area contributed by atoms with Gasteiger partial charge in [0.05, 0.1) is 5.56 Å². The molecular weight excluding hydrogens is 600 g/mol. The Kier molecular flexibility index (Phi) is 11.3. The minimum atomic E-state index is -4.40. The van der Waals surface area contributed by atoms with E-state index in [0.29, 0.717) is 25.2 Å². The van der Waals surface area contributed by atoms with Gasteiger partial charge >= 0.3 is 18.2 Å². The predicted molar refractivity (Wildman–Crippen MR) is 168 cm³/mol. The number of benzene rings is 2. The van der Waals surface area contributed by atoms with Crippen molar-refractivity contribution in [1.82, 2.24) is 20.0 Å². The number of likely N-dealkylation sites (tertiary alicyclic amines) is 2. The number of nitrogens with zero attached hydrogens (tertiary/aromatic N) is 3. The fourth-order valence-electron chi connectivity index (χ4n) is 7.94. The quantitative estimate of drug-likeness (QED) is 0.285. The van der Waals surface area contributed by atoms with Gasteiger partial charge < -0.3 is 20.2 Å². The minimum absolute atomic E-state index is 0.0296. The van der Waals surface area contributed by atoms with Crippen LogP contribution in [-0.4, -0.2) is 83.2 Å². The van der Waals surface area contributed by atoms with E-state index in [1.54, 1.807) is 17.0 Å². The molecule has 0 aromatic heterocycles. The van der Waals surface area contributed by atoms with Gasteiger partial charge in [0.1, 0.15) is 11.9 Å². The fourth-order valence-corrected chi connectivity index (χ4v) is 7.94.